The van der Waals surface area contributed by atoms with Crippen molar-refractivity contribution < 1.29 is 13.6 Å². The first-order valence-electron chi connectivity index (χ1n) is 4.93. The third-order valence-corrected chi connectivity index (χ3v) is 2.21. The van der Waals surface area contributed by atoms with Gasteiger partial charge in [-0.1, -0.05) is 13.8 Å². The molecular formula is C11H15ClF2N2O. The Morgan fingerprint density at radius 3 is 2.41 bits per heavy atom. The lowest BCUT2D eigenvalue weighted by atomic mass is 10.0. The van der Waals surface area contributed by atoms with Crippen LogP contribution in [-0.2, 0) is 4.79 Å². The molecule has 0 bridgehead atoms. The number of anilines is 1. The van der Waals surface area contributed by atoms with Gasteiger partial charge in [-0.25, -0.2) is 8.78 Å². The summed E-state index contributed by atoms with van der Waals surface area (Å²) in [6, 6.07) is 2.22. The molecule has 1 aromatic rings. The highest BCUT2D eigenvalue weighted by Gasteiger charge is 2.18. The highest BCUT2D eigenvalue weighted by molar-refractivity contribution is 5.94. The van der Waals surface area contributed by atoms with Gasteiger partial charge in [0.2, 0.25) is 5.91 Å². The van der Waals surface area contributed by atoms with Crippen molar-refractivity contribution in [3.63, 3.8) is 0 Å². The van der Waals surface area contributed by atoms with Gasteiger partial charge in [0.25, 0.3) is 0 Å². The molecule has 1 atom stereocenters. The third-order valence-electron chi connectivity index (χ3n) is 2.21. The number of rotatable bonds is 3. The largest absolute Gasteiger partial charge is 0.322 e. The topological polar surface area (TPSA) is 55.1 Å². The minimum absolute atomic E-state index is 0. The number of hydrogen-bond donors (Lipinski definition) is 2. The molecule has 6 heteroatoms. The van der Waals surface area contributed by atoms with E-state index in [0.717, 1.165) is 12.1 Å². The van der Waals surface area contributed by atoms with Crippen LogP contribution in [0.3, 0.4) is 0 Å². The first-order valence-corrected chi connectivity index (χ1v) is 4.93. The summed E-state index contributed by atoms with van der Waals surface area (Å²) < 4.78 is 25.8. The van der Waals surface area contributed by atoms with Gasteiger partial charge in [-0.2, -0.15) is 0 Å². The Balaban J connectivity index is 0.00000256. The van der Waals surface area contributed by atoms with Crippen LogP contribution in [0, 0.1) is 17.6 Å². The number of hydrogen-bond acceptors (Lipinski definition) is 2. The predicted octanol–water partition coefficient (Wildman–Crippen LogP) is 2.31. The fourth-order valence-corrected chi connectivity index (χ4v) is 1.11. The number of amides is 1. The second kappa shape index (κ2) is 6.51. The van der Waals surface area contributed by atoms with Crippen LogP contribution >= 0.6 is 12.4 Å². The maximum absolute atomic E-state index is 13.2. The van der Waals surface area contributed by atoms with Crippen molar-refractivity contribution in [2.75, 3.05) is 5.32 Å². The molecule has 0 fully saturated rings. The number of carbonyl (C=O) groups excluding carboxylic acids is 1. The lowest BCUT2D eigenvalue weighted by Gasteiger charge is -2.15. The second-order valence-electron chi connectivity index (χ2n) is 3.88. The molecule has 17 heavy (non-hydrogen) atoms. The van der Waals surface area contributed by atoms with Gasteiger partial charge in [0.15, 0.2) is 0 Å². The van der Waals surface area contributed by atoms with Gasteiger partial charge in [-0.05, 0) is 18.1 Å². The molecular weight excluding hydrogens is 250 g/mol. The van der Waals surface area contributed by atoms with Crippen LogP contribution in [0.4, 0.5) is 14.5 Å². The van der Waals surface area contributed by atoms with E-state index in [1.54, 1.807) is 13.8 Å². The van der Waals surface area contributed by atoms with Crippen molar-refractivity contribution in [1.29, 1.82) is 0 Å². The second-order valence-corrected chi connectivity index (χ2v) is 3.88. The van der Waals surface area contributed by atoms with Crippen LogP contribution in [0.2, 0.25) is 0 Å². The van der Waals surface area contributed by atoms with E-state index >= 15 is 0 Å². The molecule has 1 amide bonds. The Bertz CT molecular complexity index is 399. The third kappa shape index (κ3) is 4.28. The Morgan fingerprint density at radius 1 is 1.35 bits per heavy atom. The average molecular weight is 265 g/mol. The van der Waals surface area contributed by atoms with E-state index in [9.17, 15) is 13.6 Å². The molecule has 0 spiro atoms. The summed E-state index contributed by atoms with van der Waals surface area (Å²) >= 11 is 0. The Morgan fingerprint density at radius 2 is 1.94 bits per heavy atom. The van der Waals surface area contributed by atoms with Gasteiger partial charge in [0.1, 0.15) is 11.6 Å². The number of benzene rings is 1. The van der Waals surface area contributed by atoms with Gasteiger partial charge in [-0.15, -0.1) is 12.4 Å². The van der Waals surface area contributed by atoms with Crippen LogP contribution in [-0.4, -0.2) is 11.9 Å². The van der Waals surface area contributed by atoms with E-state index in [0.29, 0.717) is 6.07 Å². The fraction of sp³-hybridized carbons (Fsp3) is 0.364. The molecule has 0 aliphatic carbocycles. The van der Waals surface area contributed by atoms with Gasteiger partial charge < -0.3 is 11.1 Å². The van der Waals surface area contributed by atoms with E-state index < -0.39 is 23.6 Å². The predicted molar refractivity (Wildman–Crippen MR) is 65.0 cm³/mol. The van der Waals surface area contributed by atoms with Crippen LogP contribution in [0.25, 0.3) is 0 Å². The monoisotopic (exact) mass is 264 g/mol. The molecule has 96 valence electrons. The minimum atomic E-state index is -0.815. The van der Waals surface area contributed by atoms with E-state index in [1.165, 1.54) is 0 Å². The molecule has 0 saturated heterocycles. The molecule has 0 radical (unpaired) electrons. The lowest BCUT2D eigenvalue weighted by Crippen LogP contribution is -2.39. The minimum Gasteiger partial charge on any atom is -0.322 e. The van der Waals surface area contributed by atoms with Gasteiger partial charge in [0.05, 0.1) is 11.7 Å². The van der Waals surface area contributed by atoms with Crippen LogP contribution in [0.5, 0.6) is 0 Å². The maximum Gasteiger partial charge on any atom is 0.241 e. The standard InChI is InChI=1S/C11H14F2N2O.ClH/c1-6(2)10(14)11(16)15-9-4-3-7(12)5-8(9)13;/h3-6,10H,14H2,1-2H3,(H,15,16);1H/t10-;/m1./s1. The lowest BCUT2D eigenvalue weighted by molar-refractivity contribution is -0.118. The maximum atomic E-state index is 13.2. The molecule has 0 aliphatic rings. The molecule has 3 N–H and O–H groups in total. The number of nitrogens with one attached hydrogen (secondary N) is 1. The van der Waals surface area contributed by atoms with E-state index in [1.807, 2.05) is 0 Å². The Kier molecular flexibility index (Phi) is 6.05. The zero-order valence-electron chi connectivity index (χ0n) is 9.54. The van der Waals surface area contributed by atoms with Crippen molar-refractivity contribution in [2.45, 2.75) is 19.9 Å². The molecule has 3 nitrogen and oxygen atoms in total. The molecule has 0 saturated carbocycles. The summed E-state index contributed by atoms with van der Waals surface area (Å²) in [5.41, 5.74) is 5.51. The molecule has 0 heterocycles. The smallest absolute Gasteiger partial charge is 0.241 e. The van der Waals surface area contributed by atoms with Crippen LogP contribution in [0.15, 0.2) is 18.2 Å². The Labute approximate surface area is 105 Å². The first-order chi connectivity index (χ1) is 7.41. The van der Waals surface area contributed by atoms with Crippen molar-refractivity contribution in [3.8, 4) is 0 Å². The van der Waals surface area contributed by atoms with E-state index in [4.69, 9.17) is 5.73 Å². The zero-order chi connectivity index (χ0) is 12.3. The molecule has 0 aromatic heterocycles. The van der Waals surface area contributed by atoms with Gasteiger partial charge >= 0.3 is 0 Å². The molecule has 0 unspecified atom stereocenters. The first kappa shape index (κ1) is 15.8. The SMILES string of the molecule is CC(C)[C@@H](N)C(=O)Nc1ccc(F)cc1F.Cl. The van der Waals surface area contributed by atoms with Crippen LogP contribution in [0.1, 0.15) is 13.8 Å². The highest BCUT2D eigenvalue weighted by Crippen LogP contribution is 2.15. The summed E-state index contributed by atoms with van der Waals surface area (Å²) in [5, 5.41) is 2.31. The van der Waals surface area contributed by atoms with Crippen molar-refractivity contribution in [2.24, 2.45) is 11.7 Å². The van der Waals surface area contributed by atoms with Gasteiger partial charge in [-0.3, -0.25) is 4.79 Å². The highest BCUT2D eigenvalue weighted by atomic mass is 35.5. The van der Waals surface area contributed by atoms with Gasteiger partial charge in [0, 0.05) is 6.07 Å². The summed E-state index contributed by atoms with van der Waals surface area (Å²) in [5.74, 6) is -2.04. The molecule has 1 aromatic carbocycles. The molecule has 1 rings (SSSR count). The van der Waals surface area contributed by atoms with E-state index in [-0.39, 0.29) is 24.0 Å². The summed E-state index contributed by atoms with van der Waals surface area (Å²) in [4.78, 5) is 11.5. The van der Waals surface area contributed by atoms with Crippen molar-refractivity contribution >= 4 is 24.0 Å². The summed E-state index contributed by atoms with van der Waals surface area (Å²) in [6.07, 6.45) is 0. The van der Waals surface area contributed by atoms with E-state index in [2.05, 4.69) is 5.32 Å². The normalized spacial score (nSPS) is 11.9. The fourth-order valence-electron chi connectivity index (χ4n) is 1.11. The quantitative estimate of drug-likeness (QED) is 0.880. The zero-order valence-corrected chi connectivity index (χ0v) is 10.4. The summed E-state index contributed by atoms with van der Waals surface area (Å²) in [6.45, 7) is 3.57. The molecule has 0 aliphatic heterocycles. The summed E-state index contributed by atoms with van der Waals surface area (Å²) in [7, 11) is 0. The van der Waals surface area contributed by atoms with Crippen LogP contribution < -0.4 is 11.1 Å². The van der Waals surface area contributed by atoms with Crippen molar-refractivity contribution in [1.82, 2.24) is 0 Å². The average Bonchev–Trinajstić information content (AvgIpc) is 2.20. The number of halogens is 3. The number of carbonyl (C=O) groups is 1. The van der Waals surface area contributed by atoms with Crippen molar-refractivity contribution in [3.05, 3.63) is 29.8 Å². The number of nitrogens with two attached hydrogens (primary N) is 1. The Hall–Kier alpha value is -1.20.